The highest BCUT2D eigenvalue weighted by Crippen LogP contribution is 2.33. The number of para-hydroxylation sites is 2. The summed E-state index contributed by atoms with van der Waals surface area (Å²) in [6.07, 6.45) is 3.55. The maximum atomic E-state index is 6.74. The van der Waals surface area contributed by atoms with E-state index in [2.05, 4.69) is 109 Å². The van der Waals surface area contributed by atoms with Crippen molar-refractivity contribution in [1.29, 1.82) is 0 Å². The first-order valence-corrected chi connectivity index (χ1v) is 13.5. The maximum absolute atomic E-state index is 6.74. The molecule has 0 N–H and O–H groups in total. The summed E-state index contributed by atoms with van der Waals surface area (Å²) in [4.78, 5) is 5.06. The van der Waals surface area contributed by atoms with Gasteiger partial charge in [-0.2, -0.15) is 0 Å². The number of anilines is 1. The molecule has 6 nitrogen and oxygen atoms in total. The lowest BCUT2D eigenvalue weighted by Gasteiger charge is -2.35. The Morgan fingerprint density at radius 3 is 2.08 bits per heavy atom. The second-order valence-electron chi connectivity index (χ2n) is 10.1. The summed E-state index contributed by atoms with van der Waals surface area (Å²) in [5, 5.41) is 8.74. The van der Waals surface area contributed by atoms with E-state index in [0.717, 1.165) is 63.6 Å². The van der Waals surface area contributed by atoms with Crippen molar-refractivity contribution >= 4 is 5.69 Å². The Labute approximate surface area is 219 Å². The number of hydrogen-bond donors (Lipinski definition) is 0. The number of likely N-dealkylation sites (tertiary alicyclic amines) is 1. The zero-order valence-corrected chi connectivity index (χ0v) is 21.5. The molecule has 0 saturated carbocycles. The molecule has 2 aliphatic heterocycles. The van der Waals surface area contributed by atoms with Crippen LogP contribution in [0.1, 0.15) is 48.1 Å². The maximum Gasteiger partial charge on any atom is 0.157 e. The van der Waals surface area contributed by atoms with Gasteiger partial charge in [-0.3, -0.25) is 4.57 Å². The van der Waals surface area contributed by atoms with Crippen LogP contribution in [0, 0.1) is 6.92 Å². The standard InChI is InChI=1S/C31H35N5O/c1-24-32-33-30-23-35(28-15-8-9-16-29(28)36(24)30)20-10-19-34-21-17-27(18-22-34)37-31(25-11-4-2-5-12-25)26-13-6-3-7-14-26/h2-9,11-16,27,31H,10,17-23H2,1H3. The van der Waals surface area contributed by atoms with Gasteiger partial charge < -0.3 is 14.5 Å². The number of rotatable bonds is 8. The molecule has 0 radical (unpaired) electrons. The van der Waals surface area contributed by atoms with Crippen molar-refractivity contribution in [2.45, 2.75) is 44.9 Å². The minimum absolute atomic E-state index is 0.0104. The number of nitrogens with zero attached hydrogens (tertiary/aromatic N) is 5. The lowest BCUT2D eigenvalue weighted by atomic mass is 10.00. The van der Waals surface area contributed by atoms with Gasteiger partial charge >= 0.3 is 0 Å². The summed E-state index contributed by atoms with van der Waals surface area (Å²) < 4.78 is 8.92. The zero-order valence-electron chi connectivity index (χ0n) is 21.5. The Morgan fingerprint density at radius 1 is 0.784 bits per heavy atom. The topological polar surface area (TPSA) is 46.4 Å². The number of fused-ring (bicyclic) bond motifs is 3. The average Bonchev–Trinajstić information content (AvgIpc) is 3.34. The first-order chi connectivity index (χ1) is 18.3. The van der Waals surface area contributed by atoms with Gasteiger partial charge in [-0.15, -0.1) is 10.2 Å². The predicted molar refractivity (Wildman–Crippen MR) is 147 cm³/mol. The van der Waals surface area contributed by atoms with E-state index in [0.29, 0.717) is 0 Å². The summed E-state index contributed by atoms with van der Waals surface area (Å²) in [5.41, 5.74) is 4.92. The van der Waals surface area contributed by atoms with Gasteiger partial charge in [0.1, 0.15) is 11.9 Å². The van der Waals surface area contributed by atoms with Crippen LogP contribution in [0.15, 0.2) is 84.9 Å². The Balaban J connectivity index is 1.03. The third-order valence-corrected chi connectivity index (χ3v) is 7.66. The fourth-order valence-electron chi connectivity index (χ4n) is 5.75. The molecule has 1 saturated heterocycles. The van der Waals surface area contributed by atoms with E-state index in [1.165, 1.54) is 22.5 Å². The van der Waals surface area contributed by atoms with Crippen LogP contribution in [0.25, 0.3) is 5.69 Å². The fourth-order valence-corrected chi connectivity index (χ4v) is 5.75. The molecule has 4 aromatic rings. The van der Waals surface area contributed by atoms with E-state index < -0.39 is 0 Å². The average molecular weight is 494 g/mol. The summed E-state index contributed by atoms with van der Waals surface area (Å²) in [6, 6.07) is 29.8. The molecule has 0 atom stereocenters. The molecular formula is C31H35N5O. The van der Waals surface area contributed by atoms with Crippen molar-refractivity contribution in [3.8, 4) is 5.69 Å². The van der Waals surface area contributed by atoms with Crippen molar-refractivity contribution in [3.63, 3.8) is 0 Å². The van der Waals surface area contributed by atoms with Crippen LogP contribution in [0.2, 0.25) is 0 Å². The fraction of sp³-hybridized carbons (Fsp3) is 0.355. The summed E-state index contributed by atoms with van der Waals surface area (Å²) >= 11 is 0. The van der Waals surface area contributed by atoms with Gasteiger partial charge in [0.25, 0.3) is 0 Å². The molecular weight excluding hydrogens is 458 g/mol. The van der Waals surface area contributed by atoms with Gasteiger partial charge in [-0.1, -0.05) is 72.8 Å². The molecule has 3 aromatic carbocycles. The Bertz CT molecular complexity index is 1260. The molecule has 1 fully saturated rings. The third-order valence-electron chi connectivity index (χ3n) is 7.66. The van der Waals surface area contributed by atoms with E-state index in [1.807, 2.05) is 6.92 Å². The highest BCUT2D eigenvalue weighted by atomic mass is 16.5. The summed E-state index contributed by atoms with van der Waals surface area (Å²) in [5.74, 6) is 1.98. The van der Waals surface area contributed by atoms with Crippen LogP contribution in [-0.2, 0) is 11.3 Å². The normalized spacial score (nSPS) is 16.1. The molecule has 6 heteroatoms. The van der Waals surface area contributed by atoms with Gasteiger partial charge in [0.2, 0.25) is 0 Å². The van der Waals surface area contributed by atoms with Crippen molar-refractivity contribution < 1.29 is 4.74 Å². The van der Waals surface area contributed by atoms with Gasteiger partial charge in [0, 0.05) is 19.6 Å². The predicted octanol–water partition coefficient (Wildman–Crippen LogP) is 5.56. The number of ether oxygens (including phenoxy) is 1. The monoisotopic (exact) mass is 493 g/mol. The lowest BCUT2D eigenvalue weighted by Crippen LogP contribution is -2.39. The van der Waals surface area contributed by atoms with Crippen molar-refractivity contribution in [3.05, 3.63) is 108 Å². The second-order valence-corrected chi connectivity index (χ2v) is 10.1. The van der Waals surface area contributed by atoms with E-state index in [-0.39, 0.29) is 12.2 Å². The number of piperidine rings is 1. The van der Waals surface area contributed by atoms with Crippen molar-refractivity contribution in [2.24, 2.45) is 0 Å². The first-order valence-electron chi connectivity index (χ1n) is 13.5. The minimum atomic E-state index is -0.0104. The lowest BCUT2D eigenvalue weighted by molar-refractivity contribution is -0.0269. The van der Waals surface area contributed by atoms with Crippen LogP contribution in [0.3, 0.4) is 0 Å². The van der Waals surface area contributed by atoms with E-state index in [1.54, 1.807) is 0 Å². The molecule has 0 spiro atoms. The largest absolute Gasteiger partial charge is 0.365 e. The Morgan fingerprint density at radius 2 is 1.41 bits per heavy atom. The molecule has 6 rings (SSSR count). The van der Waals surface area contributed by atoms with E-state index >= 15 is 0 Å². The van der Waals surface area contributed by atoms with Crippen LogP contribution in [-0.4, -0.2) is 51.9 Å². The van der Waals surface area contributed by atoms with Gasteiger partial charge in [0.05, 0.1) is 24.0 Å². The number of hydrogen-bond acceptors (Lipinski definition) is 5. The number of aryl methyl sites for hydroxylation is 1. The van der Waals surface area contributed by atoms with Crippen LogP contribution < -0.4 is 4.90 Å². The molecule has 0 unspecified atom stereocenters. The van der Waals surface area contributed by atoms with Crippen molar-refractivity contribution in [2.75, 3.05) is 31.1 Å². The van der Waals surface area contributed by atoms with Crippen LogP contribution in [0.5, 0.6) is 0 Å². The molecule has 0 bridgehead atoms. The zero-order chi connectivity index (χ0) is 25.0. The van der Waals surface area contributed by atoms with E-state index in [4.69, 9.17) is 4.74 Å². The van der Waals surface area contributed by atoms with Gasteiger partial charge in [-0.25, -0.2) is 0 Å². The molecule has 1 aromatic heterocycles. The van der Waals surface area contributed by atoms with Crippen molar-refractivity contribution in [1.82, 2.24) is 19.7 Å². The first kappa shape index (κ1) is 23.9. The molecule has 37 heavy (non-hydrogen) atoms. The number of aromatic nitrogens is 3. The smallest absolute Gasteiger partial charge is 0.157 e. The highest BCUT2D eigenvalue weighted by Gasteiger charge is 2.26. The highest BCUT2D eigenvalue weighted by molar-refractivity contribution is 5.65. The molecule has 0 amide bonds. The molecule has 3 heterocycles. The molecule has 190 valence electrons. The molecule has 2 aliphatic rings. The van der Waals surface area contributed by atoms with E-state index in [9.17, 15) is 0 Å². The Kier molecular flexibility index (Phi) is 7.02. The van der Waals surface area contributed by atoms with Crippen LogP contribution in [0.4, 0.5) is 5.69 Å². The second kappa shape index (κ2) is 10.9. The van der Waals surface area contributed by atoms with Gasteiger partial charge in [-0.05, 0) is 56.0 Å². The minimum Gasteiger partial charge on any atom is -0.365 e. The third kappa shape index (κ3) is 5.17. The SMILES string of the molecule is Cc1nnc2n1-c1ccccc1N(CCCN1CCC(OC(c3ccccc3)c3ccccc3)CC1)C2. The van der Waals surface area contributed by atoms with Gasteiger partial charge in [0.15, 0.2) is 5.82 Å². The van der Waals surface area contributed by atoms with Crippen LogP contribution >= 0.6 is 0 Å². The summed E-state index contributed by atoms with van der Waals surface area (Å²) in [6.45, 7) is 7.14. The number of benzene rings is 3. The quantitative estimate of drug-likeness (QED) is 0.322. The summed E-state index contributed by atoms with van der Waals surface area (Å²) in [7, 11) is 0. The molecule has 0 aliphatic carbocycles. The Hall–Kier alpha value is -3.48.